The molecule has 0 aromatic heterocycles. The van der Waals surface area contributed by atoms with Gasteiger partial charge in [-0.05, 0) is 11.1 Å². The van der Waals surface area contributed by atoms with Crippen molar-refractivity contribution in [2.75, 3.05) is 18.1 Å². The van der Waals surface area contributed by atoms with Gasteiger partial charge in [-0.15, -0.1) is 0 Å². The molecule has 1 saturated heterocycles. The summed E-state index contributed by atoms with van der Waals surface area (Å²) in [6, 6.07) is 20.1. The maximum Gasteiger partial charge on any atom is 0.225 e. The van der Waals surface area contributed by atoms with Crippen molar-refractivity contribution < 1.29 is 4.79 Å². The van der Waals surface area contributed by atoms with Crippen LogP contribution in [-0.2, 0) is 4.79 Å². The van der Waals surface area contributed by atoms with Crippen LogP contribution in [0.1, 0.15) is 29.6 Å². The summed E-state index contributed by atoms with van der Waals surface area (Å²) in [6.07, 6.45) is 0.359. The van der Waals surface area contributed by atoms with Crippen LogP contribution in [0, 0.1) is 0 Å². The lowest BCUT2D eigenvalue weighted by atomic mass is 10.0. The van der Waals surface area contributed by atoms with E-state index in [1.807, 2.05) is 65.2 Å². The van der Waals surface area contributed by atoms with Crippen LogP contribution in [0.2, 0.25) is 0 Å². The molecule has 2 N–H and O–H groups in total. The highest BCUT2D eigenvalue weighted by atomic mass is 32.2. The van der Waals surface area contributed by atoms with E-state index in [4.69, 9.17) is 5.73 Å². The van der Waals surface area contributed by atoms with Crippen LogP contribution in [0.3, 0.4) is 0 Å². The van der Waals surface area contributed by atoms with Gasteiger partial charge < -0.3 is 10.6 Å². The zero-order valence-electron chi connectivity index (χ0n) is 13.1. The third-order valence-corrected chi connectivity index (χ3v) is 5.28. The largest absolute Gasteiger partial charge is 0.334 e. The number of rotatable bonds is 4. The highest BCUT2D eigenvalue weighted by molar-refractivity contribution is 7.99. The molecule has 0 spiro atoms. The third kappa shape index (κ3) is 3.95. The second-order valence-corrected chi connectivity index (χ2v) is 6.96. The molecule has 3 rings (SSSR count). The Hall–Kier alpha value is -1.78. The second-order valence-electron chi connectivity index (χ2n) is 5.81. The summed E-state index contributed by atoms with van der Waals surface area (Å²) in [6.45, 7) is 0.796. The van der Waals surface area contributed by atoms with Gasteiger partial charge >= 0.3 is 0 Å². The smallest absolute Gasteiger partial charge is 0.225 e. The van der Waals surface area contributed by atoms with Crippen LogP contribution in [-0.4, -0.2) is 28.9 Å². The molecule has 4 heteroatoms. The molecule has 3 nitrogen and oxygen atoms in total. The van der Waals surface area contributed by atoms with Crippen LogP contribution in [0.5, 0.6) is 0 Å². The average Bonchev–Trinajstić information content (AvgIpc) is 2.63. The molecule has 0 saturated carbocycles. The van der Waals surface area contributed by atoms with E-state index in [-0.39, 0.29) is 18.0 Å². The van der Waals surface area contributed by atoms with Gasteiger partial charge in [0.1, 0.15) is 0 Å². The van der Waals surface area contributed by atoms with E-state index < -0.39 is 0 Å². The molecule has 2 aromatic rings. The lowest BCUT2D eigenvalue weighted by Gasteiger charge is -2.36. The Kier molecular flexibility index (Phi) is 5.36. The fraction of sp³-hybridized carbons (Fsp3) is 0.316. The number of thioether (sulfide) groups is 1. The van der Waals surface area contributed by atoms with Crippen molar-refractivity contribution in [3.63, 3.8) is 0 Å². The molecule has 0 bridgehead atoms. The number of benzene rings is 2. The minimum Gasteiger partial charge on any atom is -0.334 e. The SMILES string of the molecule is NC(CC(=O)N1CCSCC1c1ccccc1)c1ccccc1. The lowest BCUT2D eigenvalue weighted by Crippen LogP contribution is -2.41. The lowest BCUT2D eigenvalue weighted by molar-refractivity contribution is -0.133. The first kappa shape index (κ1) is 16.1. The predicted molar refractivity (Wildman–Crippen MR) is 96.2 cm³/mol. The summed E-state index contributed by atoms with van der Waals surface area (Å²) in [5.74, 6) is 2.10. The Bertz CT molecular complexity index is 632. The zero-order valence-corrected chi connectivity index (χ0v) is 13.9. The third-order valence-electron chi connectivity index (χ3n) is 4.26. The summed E-state index contributed by atoms with van der Waals surface area (Å²) in [5.41, 5.74) is 8.46. The molecular weight excluding hydrogens is 304 g/mol. The quantitative estimate of drug-likeness (QED) is 0.937. The van der Waals surface area contributed by atoms with Gasteiger partial charge in [-0.1, -0.05) is 60.7 Å². The normalized spacial score (nSPS) is 19.3. The molecule has 2 aromatic carbocycles. The molecule has 0 radical (unpaired) electrons. The standard InChI is InChI=1S/C19H22N2OS/c20-17(15-7-3-1-4-8-15)13-19(22)21-11-12-23-14-18(21)16-9-5-2-6-10-16/h1-10,17-18H,11-14,20H2. The van der Waals surface area contributed by atoms with Gasteiger partial charge in [0.25, 0.3) is 0 Å². The van der Waals surface area contributed by atoms with Crippen molar-refractivity contribution in [1.82, 2.24) is 4.90 Å². The number of carbonyl (C=O) groups excluding carboxylic acids is 1. The van der Waals surface area contributed by atoms with Crippen molar-refractivity contribution in [2.45, 2.75) is 18.5 Å². The van der Waals surface area contributed by atoms with E-state index in [0.717, 1.165) is 23.6 Å². The number of nitrogens with zero attached hydrogens (tertiary/aromatic N) is 1. The molecular formula is C19H22N2OS. The zero-order chi connectivity index (χ0) is 16.1. The van der Waals surface area contributed by atoms with Crippen LogP contribution >= 0.6 is 11.8 Å². The fourth-order valence-electron chi connectivity index (χ4n) is 2.98. The molecule has 1 aliphatic heterocycles. The van der Waals surface area contributed by atoms with Crippen LogP contribution in [0.15, 0.2) is 60.7 Å². The maximum atomic E-state index is 12.8. The number of nitrogens with two attached hydrogens (primary N) is 1. The van der Waals surface area contributed by atoms with E-state index in [9.17, 15) is 4.79 Å². The number of amides is 1. The Balaban J connectivity index is 1.72. The second kappa shape index (κ2) is 7.66. The van der Waals surface area contributed by atoms with E-state index >= 15 is 0 Å². The predicted octanol–water partition coefficient (Wildman–Crippen LogP) is 3.39. The molecule has 1 amide bonds. The van der Waals surface area contributed by atoms with Gasteiger partial charge in [-0.3, -0.25) is 4.79 Å². The summed E-state index contributed by atoms with van der Waals surface area (Å²) >= 11 is 1.91. The number of hydrogen-bond donors (Lipinski definition) is 1. The van der Waals surface area contributed by atoms with Crippen molar-refractivity contribution in [2.24, 2.45) is 5.73 Å². The first-order valence-corrected chi connectivity index (χ1v) is 9.14. The summed E-state index contributed by atoms with van der Waals surface area (Å²) in [5, 5.41) is 0. The van der Waals surface area contributed by atoms with Gasteiger partial charge in [0, 0.05) is 30.5 Å². The first-order valence-electron chi connectivity index (χ1n) is 7.98. The Morgan fingerprint density at radius 1 is 1.13 bits per heavy atom. The van der Waals surface area contributed by atoms with Crippen LogP contribution < -0.4 is 5.73 Å². The first-order chi connectivity index (χ1) is 11.3. The topological polar surface area (TPSA) is 46.3 Å². The minimum absolute atomic E-state index is 0.149. The monoisotopic (exact) mass is 326 g/mol. The van der Waals surface area contributed by atoms with E-state index in [1.165, 1.54) is 5.56 Å². The summed E-state index contributed by atoms with van der Waals surface area (Å²) in [7, 11) is 0. The van der Waals surface area contributed by atoms with E-state index in [2.05, 4.69) is 12.1 Å². The average molecular weight is 326 g/mol. The Labute approximate surface area is 141 Å². The highest BCUT2D eigenvalue weighted by Crippen LogP contribution is 2.30. The highest BCUT2D eigenvalue weighted by Gasteiger charge is 2.29. The molecule has 23 heavy (non-hydrogen) atoms. The van der Waals surface area contributed by atoms with Gasteiger partial charge in [-0.2, -0.15) is 11.8 Å². The Morgan fingerprint density at radius 2 is 1.78 bits per heavy atom. The van der Waals surface area contributed by atoms with Gasteiger partial charge in [0.05, 0.1) is 6.04 Å². The summed E-state index contributed by atoms with van der Waals surface area (Å²) in [4.78, 5) is 14.8. The van der Waals surface area contributed by atoms with Crippen molar-refractivity contribution in [3.8, 4) is 0 Å². The van der Waals surface area contributed by atoms with Gasteiger partial charge in [0.2, 0.25) is 5.91 Å². The molecule has 1 aliphatic rings. The minimum atomic E-state index is -0.241. The summed E-state index contributed by atoms with van der Waals surface area (Å²) < 4.78 is 0. The van der Waals surface area contributed by atoms with Gasteiger partial charge in [-0.25, -0.2) is 0 Å². The van der Waals surface area contributed by atoms with Crippen LogP contribution in [0.4, 0.5) is 0 Å². The van der Waals surface area contributed by atoms with Crippen LogP contribution in [0.25, 0.3) is 0 Å². The molecule has 2 unspecified atom stereocenters. The number of carbonyl (C=O) groups is 1. The maximum absolute atomic E-state index is 12.8. The molecule has 120 valence electrons. The molecule has 0 aliphatic carbocycles. The van der Waals surface area contributed by atoms with Gasteiger partial charge in [0.15, 0.2) is 0 Å². The molecule has 1 heterocycles. The van der Waals surface area contributed by atoms with E-state index in [1.54, 1.807) is 0 Å². The van der Waals surface area contributed by atoms with Crippen molar-refractivity contribution in [3.05, 3.63) is 71.8 Å². The molecule has 1 fully saturated rings. The Morgan fingerprint density at radius 3 is 2.48 bits per heavy atom. The molecule has 2 atom stereocenters. The number of hydrogen-bond acceptors (Lipinski definition) is 3. The fourth-order valence-corrected chi connectivity index (χ4v) is 4.07. The van der Waals surface area contributed by atoms with E-state index in [0.29, 0.717) is 6.42 Å². The van der Waals surface area contributed by atoms with Crippen molar-refractivity contribution >= 4 is 17.7 Å². The van der Waals surface area contributed by atoms with Crippen molar-refractivity contribution in [1.29, 1.82) is 0 Å².